The molecule has 0 N–H and O–H groups in total. The zero-order chi connectivity index (χ0) is 15.8. The number of alkyl halides is 3. The average Bonchev–Trinajstić information content (AvgIpc) is 2.91. The number of likely N-dealkylation sites (tertiary alicyclic amines) is 1. The van der Waals surface area contributed by atoms with E-state index in [2.05, 4.69) is 0 Å². The number of hydrogen-bond donors (Lipinski definition) is 0. The Morgan fingerprint density at radius 2 is 1.73 bits per heavy atom. The molecular weight excluding hydrogens is 291 g/mol. The number of piperidine rings is 1. The van der Waals surface area contributed by atoms with Crippen LogP contribution in [0.25, 0.3) is 0 Å². The van der Waals surface area contributed by atoms with Crippen LogP contribution < -0.4 is 0 Å². The van der Waals surface area contributed by atoms with Crippen molar-refractivity contribution in [3.8, 4) is 0 Å². The highest BCUT2D eigenvalue weighted by Crippen LogP contribution is 2.52. The van der Waals surface area contributed by atoms with E-state index in [1.165, 1.54) is 12.1 Å². The molecule has 0 bridgehead atoms. The first kappa shape index (κ1) is 15.4. The lowest BCUT2D eigenvalue weighted by molar-refractivity contribution is -0.137. The number of amides is 1. The largest absolute Gasteiger partial charge is 0.416 e. The van der Waals surface area contributed by atoms with Crippen molar-refractivity contribution in [3.63, 3.8) is 0 Å². The predicted octanol–water partition coefficient (Wildman–Crippen LogP) is 4.21. The SMILES string of the molecule is O=CN1CCC2(CCC(c3ccc(C(F)(F)F)cc3)C2)CC1. The molecule has 3 rings (SSSR count). The molecule has 1 aromatic carbocycles. The van der Waals surface area contributed by atoms with Gasteiger partial charge >= 0.3 is 6.18 Å². The van der Waals surface area contributed by atoms with Crippen LogP contribution in [-0.2, 0) is 11.0 Å². The second-order valence-electron chi connectivity index (χ2n) is 6.70. The molecule has 0 aromatic heterocycles. The second kappa shape index (κ2) is 5.60. The average molecular weight is 311 g/mol. The fourth-order valence-electron chi connectivity index (χ4n) is 3.99. The molecule has 2 nitrogen and oxygen atoms in total. The first-order valence-corrected chi connectivity index (χ1v) is 7.78. The van der Waals surface area contributed by atoms with E-state index in [4.69, 9.17) is 0 Å². The number of carbonyl (C=O) groups is 1. The highest BCUT2D eigenvalue weighted by molar-refractivity contribution is 5.47. The van der Waals surface area contributed by atoms with Crippen molar-refractivity contribution in [3.05, 3.63) is 35.4 Å². The maximum Gasteiger partial charge on any atom is 0.416 e. The highest BCUT2D eigenvalue weighted by atomic mass is 19.4. The summed E-state index contributed by atoms with van der Waals surface area (Å²) in [6, 6.07) is 5.64. The standard InChI is InChI=1S/C17H20F3NO/c18-17(19,20)15-3-1-13(2-4-15)14-5-6-16(11-14)7-9-21(12-22)10-8-16/h1-4,12,14H,5-11H2. The van der Waals surface area contributed by atoms with Gasteiger partial charge in [0.1, 0.15) is 0 Å². The van der Waals surface area contributed by atoms with Gasteiger partial charge < -0.3 is 4.90 Å². The topological polar surface area (TPSA) is 20.3 Å². The molecule has 22 heavy (non-hydrogen) atoms. The normalized spacial score (nSPS) is 24.7. The molecule has 0 radical (unpaired) electrons. The molecule has 1 amide bonds. The first-order chi connectivity index (χ1) is 10.4. The number of hydrogen-bond acceptors (Lipinski definition) is 1. The van der Waals surface area contributed by atoms with Crippen molar-refractivity contribution in [2.24, 2.45) is 5.41 Å². The van der Waals surface area contributed by atoms with Gasteiger partial charge in [-0.3, -0.25) is 4.79 Å². The minimum Gasteiger partial charge on any atom is -0.345 e. The van der Waals surface area contributed by atoms with Gasteiger partial charge in [0.2, 0.25) is 6.41 Å². The van der Waals surface area contributed by atoms with E-state index < -0.39 is 11.7 Å². The minimum atomic E-state index is -4.27. The second-order valence-corrected chi connectivity index (χ2v) is 6.70. The number of nitrogens with zero attached hydrogens (tertiary/aromatic N) is 1. The van der Waals surface area contributed by atoms with Crippen LogP contribution in [0.2, 0.25) is 0 Å². The summed E-state index contributed by atoms with van der Waals surface area (Å²) in [6.45, 7) is 1.62. The molecule has 1 unspecified atom stereocenters. The van der Waals surface area contributed by atoms with Crippen molar-refractivity contribution < 1.29 is 18.0 Å². The molecule has 1 heterocycles. The van der Waals surface area contributed by atoms with Gasteiger partial charge in [0.05, 0.1) is 5.56 Å². The van der Waals surface area contributed by atoms with E-state index in [-0.39, 0.29) is 5.41 Å². The summed E-state index contributed by atoms with van der Waals surface area (Å²) in [6.07, 6.45) is 1.86. The summed E-state index contributed by atoms with van der Waals surface area (Å²) < 4.78 is 37.9. The number of carbonyl (C=O) groups excluding carboxylic acids is 1. The van der Waals surface area contributed by atoms with Crippen molar-refractivity contribution in [2.75, 3.05) is 13.1 Å². The van der Waals surface area contributed by atoms with Gasteiger partial charge in [0.15, 0.2) is 0 Å². The lowest BCUT2D eigenvalue weighted by atomic mass is 9.76. The zero-order valence-corrected chi connectivity index (χ0v) is 12.4. The fraction of sp³-hybridized carbons (Fsp3) is 0.588. The minimum absolute atomic E-state index is 0.285. The van der Waals surface area contributed by atoms with Gasteiger partial charge in [-0.15, -0.1) is 0 Å². The smallest absolute Gasteiger partial charge is 0.345 e. The molecule has 120 valence electrons. The molecule has 5 heteroatoms. The first-order valence-electron chi connectivity index (χ1n) is 7.78. The Kier molecular flexibility index (Phi) is 3.91. The van der Waals surface area contributed by atoms with Crippen LogP contribution in [0.15, 0.2) is 24.3 Å². The van der Waals surface area contributed by atoms with Gasteiger partial charge in [-0.05, 0) is 61.1 Å². The molecule has 1 saturated carbocycles. The monoisotopic (exact) mass is 311 g/mol. The Hall–Kier alpha value is -1.52. The lowest BCUT2D eigenvalue weighted by Crippen LogP contribution is -2.38. The van der Waals surface area contributed by atoms with Crippen molar-refractivity contribution in [2.45, 2.75) is 44.2 Å². The van der Waals surface area contributed by atoms with Crippen LogP contribution in [0.3, 0.4) is 0 Å². The Morgan fingerprint density at radius 3 is 2.27 bits per heavy atom. The quantitative estimate of drug-likeness (QED) is 0.749. The molecular formula is C17H20F3NO. The summed E-state index contributed by atoms with van der Waals surface area (Å²) in [5.41, 5.74) is 0.721. The van der Waals surface area contributed by atoms with E-state index in [0.29, 0.717) is 5.92 Å². The Bertz CT molecular complexity index is 530. The molecule has 1 aliphatic heterocycles. The van der Waals surface area contributed by atoms with Crippen LogP contribution in [-0.4, -0.2) is 24.4 Å². The van der Waals surface area contributed by atoms with Gasteiger partial charge in [-0.2, -0.15) is 13.2 Å². The number of rotatable bonds is 2. The van der Waals surface area contributed by atoms with Gasteiger partial charge in [-0.25, -0.2) is 0 Å². The number of benzene rings is 1. The van der Waals surface area contributed by atoms with Crippen LogP contribution in [0, 0.1) is 5.41 Å². The summed E-state index contributed by atoms with van der Waals surface area (Å²) in [5, 5.41) is 0. The van der Waals surface area contributed by atoms with E-state index in [0.717, 1.165) is 57.2 Å². The number of halogens is 3. The van der Waals surface area contributed by atoms with Crippen molar-refractivity contribution >= 4 is 6.41 Å². The lowest BCUT2D eigenvalue weighted by Gasteiger charge is -2.38. The molecule has 1 aromatic rings. The molecule has 1 atom stereocenters. The van der Waals surface area contributed by atoms with Crippen LogP contribution in [0.5, 0.6) is 0 Å². The van der Waals surface area contributed by atoms with E-state index in [9.17, 15) is 18.0 Å². The van der Waals surface area contributed by atoms with Gasteiger partial charge in [0.25, 0.3) is 0 Å². The van der Waals surface area contributed by atoms with Gasteiger partial charge in [-0.1, -0.05) is 12.1 Å². The van der Waals surface area contributed by atoms with Crippen LogP contribution in [0.4, 0.5) is 13.2 Å². The highest BCUT2D eigenvalue weighted by Gasteiger charge is 2.41. The summed E-state index contributed by atoms with van der Waals surface area (Å²) in [5.74, 6) is 0.352. The van der Waals surface area contributed by atoms with Crippen molar-refractivity contribution in [1.82, 2.24) is 4.90 Å². The third-order valence-corrected chi connectivity index (χ3v) is 5.42. The zero-order valence-electron chi connectivity index (χ0n) is 12.4. The molecule has 1 saturated heterocycles. The molecule has 2 aliphatic rings. The van der Waals surface area contributed by atoms with Gasteiger partial charge in [0, 0.05) is 13.1 Å². The molecule has 2 fully saturated rings. The van der Waals surface area contributed by atoms with E-state index in [1.54, 1.807) is 12.1 Å². The summed E-state index contributed by atoms with van der Waals surface area (Å²) in [4.78, 5) is 12.6. The Morgan fingerprint density at radius 1 is 1.09 bits per heavy atom. The molecule has 1 aliphatic carbocycles. The maximum absolute atomic E-state index is 12.6. The summed E-state index contributed by atoms with van der Waals surface area (Å²) in [7, 11) is 0. The Labute approximate surface area is 128 Å². The predicted molar refractivity (Wildman–Crippen MR) is 77.3 cm³/mol. The molecule has 1 spiro atoms. The van der Waals surface area contributed by atoms with Crippen LogP contribution in [0.1, 0.15) is 49.1 Å². The van der Waals surface area contributed by atoms with Crippen molar-refractivity contribution in [1.29, 1.82) is 0 Å². The third kappa shape index (κ3) is 2.99. The summed E-state index contributed by atoms with van der Waals surface area (Å²) >= 11 is 0. The fourth-order valence-corrected chi connectivity index (χ4v) is 3.99. The van der Waals surface area contributed by atoms with E-state index >= 15 is 0 Å². The Balaban J connectivity index is 1.67. The van der Waals surface area contributed by atoms with E-state index in [1.807, 2.05) is 4.90 Å². The van der Waals surface area contributed by atoms with Crippen LogP contribution >= 0.6 is 0 Å². The third-order valence-electron chi connectivity index (χ3n) is 5.42. The maximum atomic E-state index is 12.6.